The van der Waals surface area contributed by atoms with Crippen LogP contribution in [-0.2, 0) is 24.1 Å². The Bertz CT molecular complexity index is 1180. The van der Waals surface area contributed by atoms with Gasteiger partial charge in [-0.1, -0.05) is 192 Å². The molecule has 1 fully saturated rings. The second-order valence-corrected chi connectivity index (χ2v) is 18.9. The van der Waals surface area contributed by atoms with Crippen molar-refractivity contribution >= 4 is 16.3 Å². The summed E-state index contributed by atoms with van der Waals surface area (Å²) in [5.41, 5.74) is 0. The van der Waals surface area contributed by atoms with Crippen LogP contribution in [0.4, 0.5) is 0 Å². The summed E-state index contributed by atoms with van der Waals surface area (Å²) in [7, 11) is -5.03. The van der Waals surface area contributed by atoms with Gasteiger partial charge in [0.15, 0.2) is 0 Å². The molecule has 0 aromatic rings. The van der Waals surface area contributed by atoms with E-state index < -0.39 is 59.7 Å². The van der Waals surface area contributed by atoms with Gasteiger partial charge in [-0.2, -0.15) is 8.42 Å². The van der Waals surface area contributed by atoms with Crippen molar-refractivity contribution < 1.29 is 47.1 Å². The fourth-order valence-electron chi connectivity index (χ4n) is 8.32. The Hall–Kier alpha value is -1.38. The first-order valence-corrected chi connectivity index (χ1v) is 26.5. The molecular weight excluding hydrogens is 795 g/mol. The molecule has 6 N–H and O–H groups in total. The van der Waals surface area contributed by atoms with Gasteiger partial charge in [0, 0.05) is 6.42 Å². The molecule has 61 heavy (non-hydrogen) atoms. The number of hydrogen-bond donors (Lipinski definition) is 6. The zero-order chi connectivity index (χ0) is 44.8. The molecule has 0 aliphatic carbocycles. The summed E-state index contributed by atoms with van der Waals surface area (Å²) in [6.07, 6.45) is 38.4. The van der Waals surface area contributed by atoms with Gasteiger partial charge in [0.2, 0.25) is 5.91 Å². The van der Waals surface area contributed by atoms with Gasteiger partial charge in [0.25, 0.3) is 0 Å². The molecule has 11 nitrogen and oxygen atoms in total. The van der Waals surface area contributed by atoms with Gasteiger partial charge in [0.1, 0.15) is 24.4 Å². The second-order valence-electron chi connectivity index (χ2n) is 17.8. The van der Waals surface area contributed by atoms with E-state index in [0.717, 1.165) is 44.9 Å². The zero-order valence-corrected chi connectivity index (χ0v) is 39.6. The Morgan fingerprint density at radius 1 is 0.623 bits per heavy atom. The standard InChI is InChI=1S/C49H93NO10S/c1-3-5-7-9-11-13-15-17-18-19-20-21-22-23-24-26-28-30-32-34-36-38-46(53)50-42(43(52)37-35-33-31-29-27-25-16-14-12-10-8-6-4-2)39-40-44-47(54)49(60-61(56,57)58)48(55)45(41-51)59-44/h17-18,35,37,42-45,47-49,51-52,54-55H,3-16,19-34,36,38-41H2,1-2H3,(H,50,53)(H,56,57,58)/b18-17-,37-35+/t42-,43+,44-,45+,47-,48-,49+/m0/s1. The quantitative estimate of drug-likeness (QED) is 0.0196. The van der Waals surface area contributed by atoms with Crippen LogP contribution in [0.2, 0.25) is 0 Å². The largest absolute Gasteiger partial charge is 0.397 e. The van der Waals surface area contributed by atoms with Crippen LogP contribution in [0.3, 0.4) is 0 Å². The van der Waals surface area contributed by atoms with Crippen molar-refractivity contribution in [1.82, 2.24) is 5.32 Å². The van der Waals surface area contributed by atoms with Crippen LogP contribution in [0.15, 0.2) is 24.3 Å². The Morgan fingerprint density at radius 3 is 1.44 bits per heavy atom. The molecule has 1 aliphatic rings. The Morgan fingerprint density at radius 2 is 1.02 bits per heavy atom. The predicted octanol–water partition coefficient (Wildman–Crippen LogP) is 10.9. The lowest BCUT2D eigenvalue weighted by molar-refractivity contribution is -0.224. The van der Waals surface area contributed by atoms with Crippen LogP contribution in [0.1, 0.15) is 232 Å². The van der Waals surface area contributed by atoms with Crippen molar-refractivity contribution in [2.75, 3.05) is 6.61 Å². The number of rotatable bonds is 42. The van der Waals surface area contributed by atoms with Crippen molar-refractivity contribution in [3.8, 4) is 0 Å². The maximum Gasteiger partial charge on any atom is 0.397 e. The van der Waals surface area contributed by atoms with E-state index in [1.807, 2.05) is 6.08 Å². The molecule has 0 spiro atoms. The number of allylic oxidation sites excluding steroid dienone is 3. The number of carbonyl (C=O) groups is 1. The molecule has 12 heteroatoms. The van der Waals surface area contributed by atoms with E-state index in [2.05, 4.69) is 35.5 Å². The monoisotopic (exact) mass is 888 g/mol. The molecule has 0 saturated carbocycles. The highest BCUT2D eigenvalue weighted by molar-refractivity contribution is 7.80. The predicted molar refractivity (Wildman–Crippen MR) is 249 cm³/mol. The molecule has 0 aromatic carbocycles. The summed E-state index contributed by atoms with van der Waals surface area (Å²) in [6.45, 7) is 3.82. The summed E-state index contributed by atoms with van der Waals surface area (Å²) >= 11 is 0. The van der Waals surface area contributed by atoms with Crippen LogP contribution in [-0.4, -0.2) is 88.6 Å². The normalized spacial score (nSPS) is 20.8. The SMILES string of the molecule is CCCCCCCC/C=C\CCCCCCCCCCCCCC(=O)N[C@@H](CC[C@@H]1O[C@H](CO)[C@H](O)[C@H](OS(=O)(=O)O)[C@H]1O)[C@H](O)/C=C/CCCCCCCCCCCCC. The van der Waals surface area contributed by atoms with Crippen molar-refractivity contribution in [2.24, 2.45) is 0 Å². The first kappa shape index (κ1) is 57.6. The van der Waals surface area contributed by atoms with Gasteiger partial charge < -0.3 is 30.5 Å². The first-order chi connectivity index (χ1) is 29.5. The van der Waals surface area contributed by atoms with E-state index >= 15 is 0 Å². The van der Waals surface area contributed by atoms with E-state index in [0.29, 0.717) is 6.42 Å². The highest BCUT2D eigenvalue weighted by Gasteiger charge is 2.47. The summed E-state index contributed by atoms with van der Waals surface area (Å²) in [6, 6.07) is -0.719. The topological polar surface area (TPSA) is 183 Å². The van der Waals surface area contributed by atoms with Gasteiger partial charge >= 0.3 is 10.4 Å². The van der Waals surface area contributed by atoms with Gasteiger partial charge in [0.05, 0.1) is 24.9 Å². The maximum absolute atomic E-state index is 13.1. The minimum absolute atomic E-state index is 0.0425. The van der Waals surface area contributed by atoms with Crippen LogP contribution < -0.4 is 5.32 Å². The lowest BCUT2D eigenvalue weighted by Gasteiger charge is -2.41. The van der Waals surface area contributed by atoms with Crippen LogP contribution >= 0.6 is 0 Å². The number of amides is 1. The molecular formula is C49H93NO10S. The Labute approximate surface area is 373 Å². The number of nitrogens with one attached hydrogen (secondary N) is 1. The fourth-order valence-corrected chi connectivity index (χ4v) is 8.83. The minimum Gasteiger partial charge on any atom is -0.394 e. The summed E-state index contributed by atoms with van der Waals surface area (Å²) in [4.78, 5) is 13.1. The van der Waals surface area contributed by atoms with Crippen molar-refractivity contribution in [3.05, 3.63) is 24.3 Å². The minimum atomic E-state index is -5.03. The molecule has 1 aliphatic heterocycles. The summed E-state index contributed by atoms with van der Waals surface area (Å²) in [5, 5.41) is 45.2. The number of hydrogen-bond acceptors (Lipinski definition) is 9. The molecule has 1 rings (SSSR count). The Balaban J connectivity index is 2.44. The van der Waals surface area contributed by atoms with Crippen LogP contribution in [0, 0.1) is 0 Å². The fraction of sp³-hybridized carbons (Fsp3) is 0.898. The smallest absolute Gasteiger partial charge is 0.394 e. The third-order valence-electron chi connectivity index (χ3n) is 12.2. The number of aliphatic hydroxyl groups excluding tert-OH is 4. The number of ether oxygens (including phenoxy) is 1. The number of carbonyl (C=O) groups excluding carboxylic acids is 1. The third-order valence-corrected chi connectivity index (χ3v) is 12.7. The van der Waals surface area contributed by atoms with E-state index in [1.54, 1.807) is 6.08 Å². The highest BCUT2D eigenvalue weighted by atomic mass is 32.3. The van der Waals surface area contributed by atoms with Crippen molar-refractivity contribution in [1.29, 1.82) is 0 Å². The van der Waals surface area contributed by atoms with E-state index in [1.165, 1.54) is 154 Å². The number of aliphatic hydroxyl groups is 4. The molecule has 0 bridgehead atoms. The average molecular weight is 888 g/mol. The average Bonchev–Trinajstić information content (AvgIpc) is 3.23. The summed E-state index contributed by atoms with van der Waals surface area (Å²) < 4.78 is 42.3. The maximum atomic E-state index is 13.1. The third kappa shape index (κ3) is 32.0. The van der Waals surface area contributed by atoms with Crippen molar-refractivity contribution in [2.45, 2.75) is 275 Å². The van der Waals surface area contributed by atoms with Gasteiger partial charge in [-0.15, -0.1) is 0 Å². The van der Waals surface area contributed by atoms with Crippen molar-refractivity contribution in [3.63, 3.8) is 0 Å². The molecule has 7 atom stereocenters. The summed E-state index contributed by atoms with van der Waals surface area (Å²) in [5.74, 6) is -0.183. The van der Waals surface area contributed by atoms with Gasteiger partial charge in [-0.3, -0.25) is 9.35 Å². The van der Waals surface area contributed by atoms with E-state index in [-0.39, 0.29) is 18.7 Å². The zero-order valence-electron chi connectivity index (χ0n) is 38.8. The van der Waals surface area contributed by atoms with E-state index in [4.69, 9.17) is 4.74 Å². The Kier molecular flexibility index (Phi) is 36.9. The molecule has 1 amide bonds. The van der Waals surface area contributed by atoms with Gasteiger partial charge in [-0.25, -0.2) is 4.18 Å². The lowest BCUT2D eigenvalue weighted by atomic mass is 9.91. The van der Waals surface area contributed by atoms with Gasteiger partial charge in [-0.05, 0) is 57.8 Å². The van der Waals surface area contributed by atoms with E-state index in [9.17, 15) is 38.2 Å². The molecule has 0 aromatic heterocycles. The van der Waals surface area contributed by atoms with Crippen LogP contribution in [0.25, 0.3) is 0 Å². The molecule has 1 heterocycles. The second kappa shape index (κ2) is 39.0. The highest BCUT2D eigenvalue weighted by Crippen LogP contribution is 2.28. The first-order valence-electron chi connectivity index (χ1n) is 25.1. The molecule has 1 saturated heterocycles. The van der Waals surface area contributed by atoms with Crippen LogP contribution in [0.5, 0.6) is 0 Å². The molecule has 0 unspecified atom stereocenters. The molecule has 360 valence electrons. The molecule has 0 radical (unpaired) electrons. The number of unbranched alkanes of at least 4 members (excludes halogenated alkanes) is 28. The lowest BCUT2D eigenvalue weighted by Crippen LogP contribution is -2.60.